The van der Waals surface area contributed by atoms with Crippen molar-refractivity contribution < 1.29 is 33.3 Å². The van der Waals surface area contributed by atoms with Gasteiger partial charge >= 0.3 is 6.16 Å². The summed E-state index contributed by atoms with van der Waals surface area (Å²) in [5.41, 5.74) is 8.24. The van der Waals surface area contributed by atoms with Gasteiger partial charge in [-0.25, -0.2) is 4.79 Å². The fraction of sp³-hybridized carbons (Fsp3) is 0.537. The van der Waals surface area contributed by atoms with Crippen molar-refractivity contribution in [3.8, 4) is 0 Å². The van der Waals surface area contributed by atoms with E-state index in [0.29, 0.717) is 36.8 Å². The second kappa shape index (κ2) is 14.7. The van der Waals surface area contributed by atoms with E-state index >= 15 is 0 Å². The zero-order valence-electron chi connectivity index (χ0n) is 30.5. The first kappa shape index (κ1) is 35.9. The molecular weight excluding hydrogens is 632 g/mol. The number of hydrogen-bond donors (Lipinski definition) is 2. The number of methoxy groups -OCH3 is 2. The maximum atomic E-state index is 13.7. The maximum absolute atomic E-state index is 13.7. The summed E-state index contributed by atoms with van der Waals surface area (Å²) in [5, 5.41) is 6.67. The van der Waals surface area contributed by atoms with Crippen molar-refractivity contribution >= 4 is 29.1 Å². The number of nitrogens with one attached hydrogen (secondary N) is 2. The normalized spacial score (nSPS) is 26.5. The number of ether oxygens (including phenoxy) is 4. The first-order valence-corrected chi connectivity index (χ1v) is 18.1. The number of carbonyl (C=O) groups excluding carboxylic acids is 3. The average molecular weight is 685 g/mol. The molecule has 2 amide bonds. The Labute approximate surface area is 296 Å². The monoisotopic (exact) mass is 684 g/mol. The van der Waals surface area contributed by atoms with Gasteiger partial charge < -0.3 is 29.6 Å². The third-order valence-electron chi connectivity index (χ3n) is 11.5. The maximum Gasteiger partial charge on any atom is 0.508 e. The van der Waals surface area contributed by atoms with E-state index in [0.717, 1.165) is 83.1 Å². The summed E-state index contributed by atoms with van der Waals surface area (Å²) in [6.45, 7) is 8.24. The van der Waals surface area contributed by atoms with Gasteiger partial charge in [-0.3, -0.25) is 9.59 Å². The Kier molecular flexibility index (Phi) is 10.6. The average Bonchev–Trinajstić information content (AvgIpc) is 3.50. The van der Waals surface area contributed by atoms with Gasteiger partial charge in [-0.05, 0) is 99.6 Å². The largest absolute Gasteiger partial charge is 0.508 e. The minimum Gasteiger partial charge on any atom is -0.434 e. The van der Waals surface area contributed by atoms with Crippen LogP contribution in [0, 0.1) is 27.7 Å². The Morgan fingerprint density at radius 1 is 0.700 bits per heavy atom. The van der Waals surface area contributed by atoms with Crippen molar-refractivity contribution in [1.82, 2.24) is 10.6 Å². The summed E-state index contributed by atoms with van der Waals surface area (Å²) in [6, 6.07) is 12.3. The number of hydrogen-bond acceptors (Lipinski definition) is 7. The lowest BCUT2D eigenvalue weighted by Crippen LogP contribution is -2.50. The van der Waals surface area contributed by atoms with Crippen LogP contribution < -0.4 is 10.6 Å². The van der Waals surface area contributed by atoms with E-state index in [1.807, 2.05) is 52.0 Å². The number of aryl methyl sites for hydroxylation is 4. The quantitative estimate of drug-likeness (QED) is 0.260. The fourth-order valence-electron chi connectivity index (χ4n) is 8.91. The molecule has 2 saturated carbocycles. The van der Waals surface area contributed by atoms with Gasteiger partial charge in [0.1, 0.15) is 0 Å². The van der Waals surface area contributed by atoms with Crippen LogP contribution in [0.4, 0.5) is 4.79 Å². The van der Waals surface area contributed by atoms with E-state index in [9.17, 15) is 14.4 Å². The predicted octanol–water partition coefficient (Wildman–Crippen LogP) is 6.98. The minimum atomic E-state index is -0.762. The van der Waals surface area contributed by atoms with Gasteiger partial charge in [0.05, 0.1) is 36.5 Å². The number of carbonyl (C=O) groups is 3. The molecule has 0 radical (unpaired) electrons. The van der Waals surface area contributed by atoms with Crippen LogP contribution in [0.25, 0.3) is 11.1 Å². The first-order valence-electron chi connectivity index (χ1n) is 18.1. The molecule has 4 aliphatic rings. The molecule has 50 heavy (non-hydrogen) atoms. The van der Waals surface area contributed by atoms with Crippen LogP contribution in [-0.2, 0) is 28.5 Å². The molecule has 0 saturated heterocycles. The Hall–Kier alpha value is -3.95. The molecule has 9 nitrogen and oxygen atoms in total. The van der Waals surface area contributed by atoms with Gasteiger partial charge in [0.2, 0.25) is 0 Å². The lowest BCUT2D eigenvalue weighted by atomic mass is 9.74. The van der Waals surface area contributed by atoms with Gasteiger partial charge in [0.15, 0.2) is 0 Å². The van der Waals surface area contributed by atoms with Gasteiger partial charge in [-0.15, -0.1) is 0 Å². The van der Waals surface area contributed by atoms with Crippen LogP contribution in [0.2, 0.25) is 0 Å². The molecule has 2 fully saturated rings. The second-order valence-electron chi connectivity index (χ2n) is 14.8. The first-order chi connectivity index (χ1) is 24.0. The summed E-state index contributed by atoms with van der Waals surface area (Å²) >= 11 is 0. The van der Waals surface area contributed by atoms with E-state index < -0.39 is 17.2 Å². The molecule has 4 atom stereocenters. The highest BCUT2D eigenvalue weighted by Gasteiger charge is 2.49. The van der Waals surface area contributed by atoms with Crippen LogP contribution in [0.3, 0.4) is 0 Å². The smallest absolute Gasteiger partial charge is 0.434 e. The lowest BCUT2D eigenvalue weighted by Gasteiger charge is -2.40. The Morgan fingerprint density at radius 2 is 1.12 bits per heavy atom. The molecular formula is C41H52N2O7. The predicted molar refractivity (Wildman–Crippen MR) is 192 cm³/mol. The lowest BCUT2D eigenvalue weighted by molar-refractivity contribution is -0.117. The van der Waals surface area contributed by atoms with Crippen LogP contribution >= 0.6 is 0 Å². The van der Waals surface area contributed by atoms with E-state index in [2.05, 4.69) is 22.8 Å². The molecule has 9 heteroatoms. The van der Waals surface area contributed by atoms with Crippen molar-refractivity contribution in [3.63, 3.8) is 0 Å². The summed E-state index contributed by atoms with van der Waals surface area (Å²) < 4.78 is 22.9. The van der Waals surface area contributed by atoms with Gasteiger partial charge in [0.25, 0.3) is 11.8 Å². The standard InChI is InChI=1S/C41H52N2O7/c1-25-11-13-27(3)31(21-25)35-33(40(42-37(35)44)17-7-9-29(23-40)47-5)15-19-49-39(46)50-20-16-34-36(32-22-26(2)12-14-28(32)4)38(45)43-41(34)18-8-10-30(24-41)48-6/h11-14,21-22,29-30H,7-10,15-20,23-24H2,1-6H3,(H,42,44)(H,43,45). The SMILES string of the molecule is COC1CCCC2(C1)NC(=O)C(c1cc(C)ccc1C)=C2CCOC(=O)OCCC1=C(c2cc(C)ccc2C)C(=O)NC12CCCC(OC)C2. The molecule has 2 aromatic rings. The molecule has 6 rings (SSSR count). The van der Waals surface area contributed by atoms with Crippen molar-refractivity contribution in [2.75, 3.05) is 27.4 Å². The van der Waals surface area contributed by atoms with Gasteiger partial charge in [-0.1, -0.05) is 47.5 Å². The van der Waals surface area contributed by atoms with Gasteiger partial charge in [-0.2, -0.15) is 0 Å². The molecule has 2 aromatic carbocycles. The molecule has 2 aliphatic carbocycles. The topological polar surface area (TPSA) is 112 Å². The second-order valence-corrected chi connectivity index (χ2v) is 14.8. The van der Waals surface area contributed by atoms with Crippen LogP contribution in [0.1, 0.15) is 97.6 Å². The Morgan fingerprint density at radius 3 is 1.52 bits per heavy atom. The summed E-state index contributed by atoms with van der Waals surface area (Å²) in [4.78, 5) is 40.4. The molecule has 2 aliphatic heterocycles. The highest BCUT2D eigenvalue weighted by molar-refractivity contribution is 6.24. The molecule has 2 spiro atoms. The zero-order chi connectivity index (χ0) is 35.6. The number of rotatable bonds is 10. The molecule has 2 heterocycles. The molecule has 4 unspecified atom stereocenters. The Bertz CT molecular complexity index is 1600. The fourth-order valence-corrected chi connectivity index (χ4v) is 8.91. The van der Waals surface area contributed by atoms with Crippen LogP contribution in [-0.4, -0.2) is 68.7 Å². The Balaban J connectivity index is 1.19. The number of benzene rings is 2. The van der Waals surface area contributed by atoms with Crippen LogP contribution in [0.15, 0.2) is 47.5 Å². The summed E-state index contributed by atoms with van der Waals surface area (Å²) in [7, 11) is 3.44. The van der Waals surface area contributed by atoms with E-state index in [1.165, 1.54) is 0 Å². The minimum absolute atomic E-state index is 0.0364. The third kappa shape index (κ3) is 6.99. The number of amides is 2. The highest BCUT2D eigenvalue weighted by atomic mass is 16.7. The zero-order valence-corrected chi connectivity index (χ0v) is 30.5. The van der Waals surface area contributed by atoms with Crippen molar-refractivity contribution in [2.24, 2.45) is 0 Å². The molecule has 0 bridgehead atoms. The third-order valence-corrected chi connectivity index (χ3v) is 11.5. The van der Waals surface area contributed by atoms with Crippen molar-refractivity contribution in [1.29, 1.82) is 0 Å². The van der Waals surface area contributed by atoms with Crippen LogP contribution in [0.5, 0.6) is 0 Å². The highest BCUT2D eigenvalue weighted by Crippen LogP contribution is 2.47. The summed E-state index contributed by atoms with van der Waals surface area (Å²) in [6.07, 6.45) is 6.82. The van der Waals surface area contributed by atoms with E-state index in [-0.39, 0.29) is 37.2 Å². The van der Waals surface area contributed by atoms with Crippen molar-refractivity contribution in [2.45, 2.75) is 115 Å². The molecule has 2 N–H and O–H groups in total. The van der Waals surface area contributed by atoms with Gasteiger partial charge in [0, 0.05) is 51.0 Å². The molecule has 268 valence electrons. The van der Waals surface area contributed by atoms with E-state index in [1.54, 1.807) is 14.2 Å². The molecule has 0 aromatic heterocycles. The van der Waals surface area contributed by atoms with E-state index in [4.69, 9.17) is 18.9 Å². The van der Waals surface area contributed by atoms with Crippen molar-refractivity contribution in [3.05, 3.63) is 80.9 Å². The summed E-state index contributed by atoms with van der Waals surface area (Å²) in [5.74, 6) is -0.180.